The van der Waals surface area contributed by atoms with Crippen molar-refractivity contribution in [3.63, 3.8) is 0 Å². The number of carbonyl (C=O) groups excluding carboxylic acids is 1. The topological polar surface area (TPSA) is 35.5 Å². The van der Waals surface area contributed by atoms with Gasteiger partial charge in [-0.05, 0) is 13.8 Å². The van der Waals surface area contributed by atoms with Crippen molar-refractivity contribution in [1.29, 1.82) is 0 Å². The molecule has 1 radical (unpaired) electrons. The zero-order chi connectivity index (χ0) is 7.82. The molecule has 59 valence electrons. The molecule has 0 N–H and O–H groups in total. The van der Waals surface area contributed by atoms with E-state index in [1.807, 2.05) is 6.92 Å². The molecular weight excluding hydrogens is 132 g/mol. The van der Waals surface area contributed by atoms with Crippen molar-refractivity contribution in [3.05, 3.63) is 6.61 Å². The van der Waals surface area contributed by atoms with E-state index in [1.54, 1.807) is 6.92 Å². The Balaban J connectivity index is 3.05. The lowest BCUT2D eigenvalue weighted by atomic mass is 10.5. The zero-order valence-corrected chi connectivity index (χ0v) is 6.42. The van der Waals surface area contributed by atoms with E-state index in [4.69, 9.17) is 4.74 Å². The highest BCUT2D eigenvalue weighted by molar-refractivity contribution is 5.70. The normalized spacial score (nSPS) is 9.40. The summed E-state index contributed by atoms with van der Waals surface area (Å²) in [5, 5.41) is 0. The van der Waals surface area contributed by atoms with Gasteiger partial charge in [0.25, 0.3) is 0 Å². The Morgan fingerprint density at radius 1 is 1.40 bits per heavy atom. The first-order valence-electron chi connectivity index (χ1n) is 3.40. The van der Waals surface area contributed by atoms with Gasteiger partial charge in [0.15, 0.2) is 0 Å². The van der Waals surface area contributed by atoms with Gasteiger partial charge >= 0.3 is 5.97 Å². The minimum absolute atomic E-state index is 0.238. The zero-order valence-electron chi connectivity index (χ0n) is 6.42. The average molecular weight is 145 g/mol. The number of carbonyl (C=O) groups is 1. The molecule has 3 heteroatoms. The van der Waals surface area contributed by atoms with Crippen LogP contribution >= 0.6 is 0 Å². The van der Waals surface area contributed by atoms with E-state index in [2.05, 4.69) is 4.74 Å². The monoisotopic (exact) mass is 145 g/mol. The Kier molecular flexibility index (Phi) is 6.18. The highest BCUT2D eigenvalue weighted by Crippen LogP contribution is 1.91. The van der Waals surface area contributed by atoms with Crippen molar-refractivity contribution in [2.75, 3.05) is 13.2 Å². The third-order valence-corrected chi connectivity index (χ3v) is 0.840. The number of esters is 1. The van der Waals surface area contributed by atoms with Crippen LogP contribution in [0.3, 0.4) is 0 Å². The van der Waals surface area contributed by atoms with Crippen LogP contribution in [0.1, 0.15) is 20.3 Å². The average Bonchev–Trinajstić information content (AvgIpc) is 1.89. The highest BCUT2D eigenvalue weighted by atomic mass is 16.5. The smallest absolute Gasteiger partial charge is 0.308 e. The fraction of sp³-hybridized carbons (Fsp3) is 0.714. The summed E-state index contributed by atoms with van der Waals surface area (Å²) in [4.78, 5) is 10.6. The first kappa shape index (κ1) is 9.43. The predicted octanol–water partition coefficient (Wildman–Crippen LogP) is 1.14. The van der Waals surface area contributed by atoms with E-state index in [9.17, 15) is 4.79 Å². The molecular formula is C7H13O3. The second-order valence-electron chi connectivity index (χ2n) is 1.63. The summed E-state index contributed by atoms with van der Waals surface area (Å²) in [6, 6.07) is 0. The van der Waals surface area contributed by atoms with E-state index in [0.717, 1.165) is 0 Å². The molecule has 0 spiro atoms. The molecule has 0 aliphatic rings. The minimum Gasteiger partial charge on any atom is -0.466 e. The standard InChI is InChI=1S/C7H13O3/c1-3-9-6-5-7(8)10-4-2/h6H,3-5H2,1-2H3. The fourth-order valence-electron chi connectivity index (χ4n) is 0.465. The highest BCUT2D eigenvalue weighted by Gasteiger charge is 1.99. The number of hydrogen-bond donors (Lipinski definition) is 0. The Morgan fingerprint density at radius 2 is 2.10 bits per heavy atom. The molecule has 0 rings (SSSR count). The Labute approximate surface area is 61.3 Å². The van der Waals surface area contributed by atoms with Crippen LogP contribution in [0.5, 0.6) is 0 Å². The van der Waals surface area contributed by atoms with Crippen molar-refractivity contribution >= 4 is 5.97 Å². The molecule has 0 amide bonds. The molecule has 0 aromatic rings. The van der Waals surface area contributed by atoms with Gasteiger partial charge in [0.1, 0.15) is 0 Å². The molecule has 0 unspecified atom stereocenters. The molecule has 0 bridgehead atoms. The van der Waals surface area contributed by atoms with E-state index in [1.165, 1.54) is 6.61 Å². The van der Waals surface area contributed by atoms with Gasteiger partial charge in [0.2, 0.25) is 0 Å². The van der Waals surface area contributed by atoms with Crippen molar-refractivity contribution in [2.24, 2.45) is 0 Å². The van der Waals surface area contributed by atoms with Gasteiger partial charge in [-0.15, -0.1) is 0 Å². The molecule has 0 aromatic heterocycles. The molecule has 0 saturated heterocycles. The Hall–Kier alpha value is -0.570. The van der Waals surface area contributed by atoms with Crippen LogP contribution < -0.4 is 0 Å². The van der Waals surface area contributed by atoms with Crippen LogP contribution in [0.2, 0.25) is 0 Å². The maximum atomic E-state index is 10.6. The van der Waals surface area contributed by atoms with Gasteiger partial charge in [-0.1, -0.05) is 0 Å². The molecule has 0 saturated carbocycles. The molecule has 0 aliphatic carbocycles. The number of rotatable bonds is 5. The van der Waals surface area contributed by atoms with Gasteiger partial charge in [-0.25, -0.2) is 0 Å². The van der Waals surface area contributed by atoms with Crippen molar-refractivity contribution in [1.82, 2.24) is 0 Å². The van der Waals surface area contributed by atoms with Crippen molar-refractivity contribution < 1.29 is 14.3 Å². The van der Waals surface area contributed by atoms with Crippen LogP contribution in [-0.2, 0) is 14.3 Å². The largest absolute Gasteiger partial charge is 0.466 e. The van der Waals surface area contributed by atoms with E-state index < -0.39 is 0 Å². The summed E-state index contributed by atoms with van der Waals surface area (Å²) < 4.78 is 9.46. The van der Waals surface area contributed by atoms with Gasteiger partial charge in [-0.3, -0.25) is 4.79 Å². The van der Waals surface area contributed by atoms with E-state index in [-0.39, 0.29) is 12.4 Å². The fourth-order valence-corrected chi connectivity index (χ4v) is 0.465. The SMILES string of the molecule is CCO[CH]CC(=O)OCC. The lowest BCUT2D eigenvalue weighted by Gasteiger charge is -1.99. The van der Waals surface area contributed by atoms with Crippen LogP contribution in [0, 0.1) is 6.61 Å². The molecule has 3 nitrogen and oxygen atoms in total. The quantitative estimate of drug-likeness (QED) is 0.430. The lowest BCUT2D eigenvalue weighted by molar-refractivity contribution is -0.143. The summed E-state index contributed by atoms with van der Waals surface area (Å²) in [6.45, 7) is 6.12. The first-order valence-corrected chi connectivity index (χ1v) is 3.40. The number of ether oxygens (including phenoxy) is 2. The predicted molar refractivity (Wildman–Crippen MR) is 37.2 cm³/mol. The summed E-state index contributed by atoms with van der Waals surface area (Å²) >= 11 is 0. The summed E-state index contributed by atoms with van der Waals surface area (Å²) in [5.74, 6) is -0.240. The maximum absolute atomic E-state index is 10.6. The molecule has 0 atom stereocenters. The van der Waals surface area contributed by atoms with Crippen LogP contribution in [0.15, 0.2) is 0 Å². The number of hydrogen-bond acceptors (Lipinski definition) is 3. The Bertz CT molecular complexity index is 90.9. The van der Waals surface area contributed by atoms with Crippen molar-refractivity contribution in [2.45, 2.75) is 20.3 Å². The third kappa shape index (κ3) is 5.56. The molecule has 0 fully saturated rings. The molecule has 10 heavy (non-hydrogen) atoms. The second kappa shape index (κ2) is 6.55. The van der Waals surface area contributed by atoms with Gasteiger partial charge in [0, 0.05) is 6.61 Å². The molecule has 0 aliphatic heterocycles. The first-order chi connectivity index (χ1) is 4.81. The summed E-state index contributed by atoms with van der Waals surface area (Å²) in [6.07, 6.45) is 0.238. The van der Waals surface area contributed by atoms with Crippen molar-refractivity contribution in [3.8, 4) is 0 Å². The van der Waals surface area contributed by atoms with Crippen LogP contribution in [0.4, 0.5) is 0 Å². The summed E-state index contributed by atoms with van der Waals surface area (Å²) in [7, 11) is 0. The minimum atomic E-state index is -0.240. The lowest BCUT2D eigenvalue weighted by Crippen LogP contribution is -2.04. The van der Waals surface area contributed by atoms with Gasteiger partial charge < -0.3 is 9.47 Å². The molecule has 0 aromatic carbocycles. The van der Waals surface area contributed by atoms with Gasteiger partial charge in [0.05, 0.1) is 19.6 Å². The molecule has 0 heterocycles. The van der Waals surface area contributed by atoms with E-state index in [0.29, 0.717) is 13.2 Å². The van der Waals surface area contributed by atoms with Crippen LogP contribution in [-0.4, -0.2) is 19.2 Å². The summed E-state index contributed by atoms with van der Waals surface area (Å²) in [5.41, 5.74) is 0. The third-order valence-electron chi connectivity index (χ3n) is 0.840. The maximum Gasteiger partial charge on any atom is 0.308 e. The van der Waals surface area contributed by atoms with Gasteiger partial charge in [-0.2, -0.15) is 0 Å². The second-order valence-corrected chi connectivity index (χ2v) is 1.63. The Morgan fingerprint density at radius 3 is 2.60 bits per heavy atom. The van der Waals surface area contributed by atoms with Crippen LogP contribution in [0.25, 0.3) is 0 Å². The van der Waals surface area contributed by atoms with E-state index >= 15 is 0 Å².